The minimum Gasteiger partial charge on any atom is -0.507 e. The number of benzene rings is 2. The average Bonchev–Trinajstić information content (AvgIpc) is 2.59. The average molecular weight is 312 g/mol. The second-order valence-corrected chi connectivity index (χ2v) is 4.96. The van der Waals surface area contributed by atoms with Gasteiger partial charge in [-0.25, -0.2) is 0 Å². The van der Waals surface area contributed by atoms with E-state index in [0.717, 1.165) is 16.9 Å². The summed E-state index contributed by atoms with van der Waals surface area (Å²) in [4.78, 5) is 12.3. The molecule has 0 spiro atoms. The summed E-state index contributed by atoms with van der Waals surface area (Å²) in [6, 6.07) is 12.3. The molecule has 0 saturated carbocycles. The Labute approximate surface area is 136 Å². The molecule has 0 bridgehead atoms. The molecule has 0 amide bonds. The Bertz CT molecular complexity index is 687. The Morgan fingerprint density at radius 2 is 1.91 bits per heavy atom. The smallest absolute Gasteiger partial charge is 0.189 e. The lowest BCUT2D eigenvalue weighted by atomic mass is 10.0. The quantitative estimate of drug-likeness (QED) is 0.623. The Balaban J connectivity index is 2.13. The van der Waals surface area contributed by atoms with Crippen LogP contribution in [0.1, 0.15) is 28.4 Å². The van der Waals surface area contributed by atoms with E-state index in [9.17, 15) is 9.90 Å². The predicted octanol–water partition coefficient (Wildman–Crippen LogP) is 3.83. The summed E-state index contributed by atoms with van der Waals surface area (Å²) < 4.78 is 10.4. The van der Waals surface area contributed by atoms with Gasteiger partial charge in [-0.15, -0.1) is 0 Å². The number of ether oxygens (including phenoxy) is 2. The van der Waals surface area contributed by atoms with Crippen molar-refractivity contribution in [3.05, 3.63) is 65.2 Å². The highest BCUT2D eigenvalue weighted by atomic mass is 16.5. The van der Waals surface area contributed by atoms with Gasteiger partial charge >= 0.3 is 0 Å². The van der Waals surface area contributed by atoms with Crippen LogP contribution in [-0.2, 0) is 11.3 Å². The van der Waals surface area contributed by atoms with E-state index in [4.69, 9.17) is 9.47 Å². The standard InChI is InChI=1S/C19H20O4/c1-3-23-13-15-7-11-19(21)17(12-15)18(20)10-6-14-4-8-16(22-2)9-5-14/h4-12,21H,3,13H2,1-2H3/b10-6+. The van der Waals surface area contributed by atoms with Crippen molar-refractivity contribution >= 4 is 11.9 Å². The number of hydrogen-bond donors (Lipinski definition) is 1. The van der Waals surface area contributed by atoms with Gasteiger partial charge in [0, 0.05) is 6.61 Å². The highest BCUT2D eigenvalue weighted by molar-refractivity contribution is 6.08. The first-order chi connectivity index (χ1) is 11.1. The van der Waals surface area contributed by atoms with Gasteiger partial charge in [0.25, 0.3) is 0 Å². The molecule has 0 aromatic heterocycles. The van der Waals surface area contributed by atoms with Gasteiger partial charge in [-0.2, -0.15) is 0 Å². The van der Waals surface area contributed by atoms with Crippen LogP contribution in [0.25, 0.3) is 6.08 Å². The summed E-state index contributed by atoms with van der Waals surface area (Å²) in [7, 11) is 1.60. The van der Waals surface area contributed by atoms with Crippen molar-refractivity contribution in [1.82, 2.24) is 0 Å². The number of ketones is 1. The Morgan fingerprint density at radius 3 is 2.57 bits per heavy atom. The molecule has 0 aliphatic carbocycles. The molecule has 0 radical (unpaired) electrons. The van der Waals surface area contributed by atoms with Crippen LogP contribution < -0.4 is 4.74 Å². The molecular weight excluding hydrogens is 292 g/mol. The largest absolute Gasteiger partial charge is 0.507 e. The molecule has 0 fully saturated rings. The van der Waals surface area contributed by atoms with Crippen LogP contribution in [-0.4, -0.2) is 24.6 Å². The van der Waals surface area contributed by atoms with E-state index in [2.05, 4.69) is 0 Å². The van der Waals surface area contributed by atoms with E-state index < -0.39 is 0 Å². The summed E-state index contributed by atoms with van der Waals surface area (Å²) in [5.41, 5.74) is 2.00. The zero-order chi connectivity index (χ0) is 16.7. The van der Waals surface area contributed by atoms with Gasteiger partial charge in [-0.05, 0) is 48.4 Å². The van der Waals surface area contributed by atoms with Gasteiger partial charge in [0.2, 0.25) is 0 Å². The number of hydrogen-bond acceptors (Lipinski definition) is 4. The normalized spacial score (nSPS) is 10.9. The van der Waals surface area contributed by atoms with Crippen molar-refractivity contribution in [3.8, 4) is 11.5 Å². The number of aromatic hydroxyl groups is 1. The fraction of sp³-hybridized carbons (Fsp3) is 0.211. The molecule has 2 rings (SSSR count). The summed E-state index contributed by atoms with van der Waals surface area (Å²) in [6.45, 7) is 2.92. The van der Waals surface area contributed by atoms with Crippen molar-refractivity contribution < 1.29 is 19.4 Å². The molecular formula is C19H20O4. The fourth-order valence-corrected chi connectivity index (χ4v) is 2.07. The lowest BCUT2D eigenvalue weighted by Crippen LogP contribution is -1.98. The molecule has 120 valence electrons. The molecule has 0 aliphatic rings. The van der Waals surface area contributed by atoms with Crippen LogP contribution in [0, 0.1) is 0 Å². The zero-order valence-electron chi connectivity index (χ0n) is 13.3. The molecule has 0 aliphatic heterocycles. The first kappa shape index (κ1) is 16.8. The lowest BCUT2D eigenvalue weighted by Gasteiger charge is -2.06. The second-order valence-electron chi connectivity index (χ2n) is 4.96. The van der Waals surface area contributed by atoms with Crippen molar-refractivity contribution in [2.75, 3.05) is 13.7 Å². The molecule has 4 nitrogen and oxygen atoms in total. The third kappa shape index (κ3) is 4.69. The number of carbonyl (C=O) groups is 1. The lowest BCUT2D eigenvalue weighted by molar-refractivity contribution is 0.104. The summed E-state index contributed by atoms with van der Waals surface area (Å²) in [5.74, 6) is 0.473. The first-order valence-electron chi connectivity index (χ1n) is 7.40. The van der Waals surface area contributed by atoms with Crippen LogP contribution in [0.4, 0.5) is 0 Å². The van der Waals surface area contributed by atoms with E-state index >= 15 is 0 Å². The second kappa shape index (κ2) is 8.15. The van der Waals surface area contributed by atoms with E-state index in [1.807, 2.05) is 31.2 Å². The molecule has 2 aromatic carbocycles. The predicted molar refractivity (Wildman–Crippen MR) is 89.8 cm³/mol. The van der Waals surface area contributed by atoms with Gasteiger partial charge in [-0.1, -0.05) is 24.3 Å². The van der Waals surface area contributed by atoms with E-state index in [-0.39, 0.29) is 17.1 Å². The van der Waals surface area contributed by atoms with E-state index in [1.54, 1.807) is 25.3 Å². The van der Waals surface area contributed by atoms with Gasteiger partial charge in [0.15, 0.2) is 5.78 Å². The Morgan fingerprint density at radius 1 is 1.17 bits per heavy atom. The monoisotopic (exact) mass is 312 g/mol. The number of phenolic OH excluding ortho intramolecular Hbond substituents is 1. The fourth-order valence-electron chi connectivity index (χ4n) is 2.07. The van der Waals surface area contributed by atoms with Crippen LogP contribution >= 0.6 is 0 Å². The van der Waals surface area contributed by atoms with Gasteiger partial charge < -0.3 is 14.6 Å². The Kier molecular flexibility index (Phi) is 5.94. The number of methoxy groups -OCH3 is 1. The molecule has 23 heavy (non-hydrogen) atoms. The van der Waals surface area contributed by atoms with Crippen LogP contribution in [0.2, 0.25) is 0 Å². The number of carbonyl (C=O) groups excluding carboxylic acids is 1. The molecule has 2 aromatic rings. The molecule has 0 atom stereocenters. The third-order valence-corrected chi connectivity index (χ3v) is 3.34. The number of rotatable bonds is 7. The molecule has 4 heteroatoms. The molecule has 0 heterocycles. The van der Waals surface area contributed by atoms with Gasteiger partial charge in [0.05, 0.1) is 19.3 Å². The van der Waals surface area contributed by atoms with Crippen molar-refractivity contribution in [3.63, 3.8) is 0 Å². The molecule has 1 N–H and O–H groups in total. The van der Waals surface area contributed by atoms with Crippen molar-refractivity contribution in [2.24, 2.45) is 0 Å². The van der Waals surface area contributed by atoms with E-state index in [0.29, 0.717) is 13.2 Å². The maximum atomic E-state index is 12.3. The number of phenols is 1. The summed E-state index contributed by atoms with van der Waals surface area (Å²) in [5, 5.41) is 9.88. The highest BCUT2D eigenvalue weighted by Gasteiger charge is 2.09. The molecule has 0 unspecified atom stereocenters. The van der Waals surface area contributed by atoms with Gasteiger partial charge in [-0.3, -0.25) is 4.79 Å². The Hall–Kier alpha value is -2.59. The topological polar surface area (TPSA) is 55.8 Å². The van der Waals surface area contributed by atoms with Crippen molar-refractivity contribution in [1.29, 1.82) is 0 Å². The maximum Gasteiger partial charge on any atom is 0.189 e. The minimum atomic E-state index is -0.253. The number of allylic oxidation sites excluding steroid dienone is 1. The van der Waals surface area contributed by atoms with Crippen LogP contribution in [0.3, 0.4) is 0 Å². The SMILES string of the molecule is CCOCc1ccc(O)c(C(=O)/C=C/c2ccc(OC)cc2)c1. The van der Waals surface area contributed by atoms with Crippen LogP contribution in [0.5, 0.6) is 11.5 Å². The maximum absolute atomic E-state index is 12.3. The van der Waals surface area contributed by atoms with E-state index in [1.165, 1.54) is 12.1 Å². The minimum absolute atomic E-state index is 0.0328. The molecule has 0 saturated heterocycles. The zero-order valence-corrected chi connectivity index (χ0v) is 13.3. The van der Waals surface area contributed by atoms with Gasteiger partial charge in [0.1, 0.15) is 11.5 Å². The van der Waals surface area contributed by atoms with Crippen molar-refractivity contribution in [2.45, 2.75) is 13.5 Å². The summed E-state index contributed by atoms with van der Waals surface area (Å²) >= 11 is 0. The summed E-state index contributed by atoms with van der Waals surface area (Å²) in [6.07, 6.45) is 3.15. The first-order valence-corrected chi connectivity index (χ1v) is 7.40. The third-order valence-electron chi connectivity index (χ3n) is 3.34. The van der Waals surface area contributed by atoms with Crippen LogP contribution in [0.15, 0.2) is 48.5 Å². The highest BCUT2D eigenvalue weighted by Crippen LogP contribution is 2.21.